The van der Waals surface area contributed by atoms with Crippen LogP contribution in [0.5, 0.6) is 0 Å². The lowest BCUT2D eigenvalue weighted by molar-refractivity contribution is 0.547. The van der Waals surface area contributed by atoms with Gasteiger partial charge in [0.25, 0.3) is 0 Å². The molecule has 1 aromatic carbocycles. The maximum absolute atomic E-state index is 13.3. The summed E-state index contributed by atoms with van der Waals surface area (Å²) in [6.45, 7) is 2.14. The topological polar surface area (TPSA) is 12.0 Å². The minimum atomic E-state index is -0.399. The summed E-state index contributed by atoms with van der Waals surface area (Å²) in [6, 6.07) is 3.80. The number of nitrogens with one attached hydrogen (secondary N) is 1. The van der Waals surface area contributed by atoms with E-state index >= 15 is 0 Å². The molecule has 15 heavy (non-hydrogen) atoms. The van der Waals surface area contributed by atoms with Crippen molar-refractivity contribution in [2.24, 2.45) is 5.92 Å². The maximum atomic E-state index is 13.3. The van der Waals surface area contributed by atoms with Gasteiger partial charge in [-0.3, -0.25) is 0 Å². The molecule has 82 valence electrons. The van der Waals surface area contributed by atoms with Crippen LogP contribution in [0, 0.1) is 17.6 Å². The Morgan fingerprint density at radius 1 is 1.27 bits per heavy atom. The molecule has 0 amide bonds. The van der Waals surface area contributed by atoms with Gasteiger partial charge in [-0.15, -0.1) is 0 Å². The third-order valence-corrected chi connectivity index (χ3v) is 3.13. The van der Waals surface area contributed by atoms with E-state index in [4.69, 9.17) is 0 Å². The Balaban J connectivity index is 2.12. The van der Waals surface area contributed by atoms with E-state index in [1.807, 2.05) is 0 Å². The van der Waals surface area contributed by atoms with Crippen LogP contribution >= 0.6 is 0 Å². The van der Waals surface area contributed by atoms with Crippen molar-refractivity contribution in [2.45, 2.75) is 32.2 Å². The Morgan fingerprint density at radius 2 is 2.07 bits per heavy atom. The lowest BCUT2D eigenvalue weighted by Gasteiger charge is -2.19. The monoisotopic (exact) mass is 211 g/mol. The van der Waals surface area contributed by atoms with Crippen molar-refractivity contribution in [2.75, 3.05) is 5.32 Å². The quantitative estimate of drug-likeness (QED) is 0.788. The molecule has 3 heteroatoms. The number of rotatable bonds is 2. The van der Waals surface area contributed by atoms with Crippen molar-refractivity contribution in [1.82, 2.24) is 0 Å². The van der Waals surface area contributed by atoms with Crippen LogP contribution in [-0.2, 0) is 0 Å². The van der Waals surface area contributed by atoms with Gasteiger partial charge in [0.15, 0.2) is 0 Å². The average Bonchev–Trinajstić information content (AvgIpc) is 2.58. The molecule has 1 aliphatic rings. The zero-order valence-electron chi connectivity index (χ0n) is 8.76. The van der Waals surface area contributed by atoms with Crippen LogP contribution in [0.15, 0.2) is 18.2 Å². The fourth-order valence-corrected chi connectivity index (χ4v) is 2.17. The molecule has 0 heterocycles. The van der Waals surface area contributed by atoms with Crippen LogP contribution < -0.4 is 5.32 Å². The lowest BCUT2D eigenvalue weighted by Crippen LogP contribution is -2.22. The van der Waals surface area contributed by atoms with Crippen molar-refractivity contribution in [3.8, 4) is 0 Å². The molecule has 2 atom stereocenters. The van der Waals surface area contributed by atoms with E-state index in [0.29, 0.717) is 5.92 Å². The highest BCUT2D eigenvalue weighted by atomic mass is 19.1. The fraction of sp³-hybridized carbons (Fsp3) is 0.500. The van der Waals surface area contributed by atoms with Crippen molar-refractivity contribution >= 4 is 5.69 Å². The highest BCUT2D eigenvalue weighted by Crippen LogP contribution is 2.28. The minimum Gasteiger partial charge on any atom is -0.380 e. The molecule has 1 saturated carbocycles. The third kappa shape index (κ3) is 2.28. The van der Waals surface area contributed by atoms with E-state index in [1.165, 1.54) is 6.07 Å². The molecular formula is C12H15F2N. The highest BCUT2D eigenvalue weighted by Gasteiger charge is 2.23. The zero-order valence-corrected chi connectivity index (χ0v) is 8.76. The SMILES string of the molecule is C[C@H]1CCC[C@H]1Nc1cc(F)ccc1F. The van der Waals surface area contributed by atoms with Crippen molar-refractivity contribution < 1.29 is 8.78 Å². The zero-order chi connectivity index (χ0) is 10.8. The van der Waals surface area contributed by atoms with Crippen LogP contribution in [0.1, 0.15) is 26.2 Å². The first-order valence-electron chi connectivity index (χ1n) is 5.38. The molecule has 0 saturated heterocycles. The highest BCUT2D eigenvalue weighted by molar-refractivity contribution is 5.46. The summed E-state index contributed by atoms with van der Waals surface area (Å²) < 4.78 is 26.2. The standard InChI is InChI=1S/C12H15F2N/c1-8-3-2-4-11(8)15-12-7-9(13)5-6-10(12)14/h5-8,11,15H,2-4H2,1H3/t8-,11+/m0/s1. The summed E-state index contributed by atoms with van der Waals surface area (Å²) in [7, 11) is 0. The molecule has 0 unspecified atom stereocenters. The molecule has 1 aliphatic carbocycles. The van der Waals surface area contributed by atoms with Crippen LogP contribution in [0.4, 0.5) is 14.5 Å². The second-order valence-corrected chi connectivity index (χ2v) is 4.28. The lowest BCUT2D eigenvalue weighted by atomic mass is 10.1. The van der Waals surface area contributed by atoms with Gasteiger partial charge < -0.3 is 5.32 Å². The summed E-state index contributed by atoms with van der Waals surface area (Å²) >= 11 is 0. The van der Waals surface area contributed by atoms with Crippen LogP contribution in [0.2, 0.25) is 0 Å². The predicted octanol–water partition coefficient (Wildman–Crippen LogP) is 3.57. The van der Waals surface area contributed by atoms with E-state index in [2.05, 4.69) is 12.2 Å². The number of halogens is 2. The first kappa shape index (κ1) is 10.4. The molecular weight excluding hydrogens is 196 g/mol. The van der Waals surface area contributed by atoms with Gasteiger partial charge >= 0.3 is 0 Å². The van der Waals surface area contributed by atoms with Gasteiger partial charge in [0, 0.05) is 6.04 Å². The number of anilines is 1. The molecule has 1 nitrogen and oxygen atoms in total. The van der Waals surface area contributed by atoms with E-state index in [1.54, 1.807) is 0 Å². The molecule has 1 N–H and O–H groups in total. The first-order chi connectivity index (χ1) is 7.16. The fourth-order valence-electron chi connectivity index (χ4n) is 2.17. The van der Waals surface area contributed by atoms with Crippen LogP contribution in [0.3, 0.4) is 0 Å². The number of hydrogen-bond acceptors (Lipinski definition) is 1. The Bertz CT molecular complexity index is 351. The average molecular weight is 211 g/mol. The predicted molar refractivity (Wildman–Crippen MR) is 56.8 cm³/mol. The number of hydrogen-bond donors (Lipinski definition) is 1. The smallest absolute Gasteiger partial charge is 0.146 e. The Kier molecular flexibility index (Phi) is 2.89. The summed E-state index contributed by atoms with van der Waals surface area (Å²) in [5.41, 5.74) is 0.286. The molecule has 0 aromatic heterocycles. The van der Waals surface area contributed by atoms with Crippen molar-refractivity contribution in [3.05, 3.63) is 29.8 Å². The summed E-state index contributed by atoms with van der Waals surface area (Å²) in [6.07, 6.45) is 3.36. The molecule has 0 spiro atoms. The third-order valence-electron chi connectivity index (χ3n) is 3.13. The first-order valence-corrected chi connectivity index (χ1v) is 5.38. The van der Waals surface area contributed by atoms with Gasteiger partial charge in [0.2, 0.25) is 0 Å². The second-order valence-electron chi connectivity index (χ2n) is 4.28. The van der Waals surface area contributed by atoms with Crippen molar-refractivity contribution in [1.29, 1.82) is 0 Å². The normalized spacial score (nSPS) is 25.5. The molecule has 0 radical (unpaired) electrons. The van der Waals surface area contributed by atoms with Gasteiger partial charge in [-0.05, 0) is 37.0 Å². The summed E-state index contributed by atoms with van der Waals surface area (Å²) in [5, 5.41) is 3.08. The molecule has 0 bridgehead atoms. The van der Waals surface area contributed by atoms with Gasteiger partial charge in [0.05, 0.1) is 5.69 Å². The second kappa shape index (κ2) is 4.17. The van der Waals surface area contributed by atoms with Gasteiger partial charge in [-0.1, -0.05) is 13.3 Å². The Hall–Kier alpha value is -1.12. The van der Waals surface area contributed by atoms with Gasteiger partial charge in [-0.25, -0.2) is 8.78 Å². The molecule has 2 rings (SSSR count). The minimum absolute atomic E-state index is 0.279. The van der Waals surface area contributed by atoms with Gasteiger partial charge in [0.1, 0.15) is 11.6 Å². The van der Waals surface area contributed by atoms with E-state index in [9.17, 15) is 8.78 Å². The van der Waals surface area contributed by atoms with E-state index in [-0.39, 0.29) is 17.5 Å². The number of benzene rings is 1. The molecule has 1 fully saturated rings. The summed E-state index contributed by atoms with van der Waals surface area (Å²) in [5.74, 6) is -0.243. The van der Waals surface area contributed by atoms with Crippen molar-refractivity contribution in [3.63, 3.8) is 0 Å². The maximum Gasteiger partial charge on any atom is 0.146 e. The van der Waals surface area contributed by atoms with Crippen LogP contribution in [0.25, 0.3) is 0 Å². The van der Waals surface area contributed by atoms with E-state index in [0.717, 1.165) is 31.4 Å². The van der Waals surface area contributed by atoms with Gasteiger partial charge in [-0.2, -0.15) is 0 Å². The Labute approximate surface area is 88.5 Å². The molecule has 1 aromatic rings. The summed E-state index contributed by atoms with van der Waals surface area (Å²) in [4.78, 5) is 0. The van der Waals surface area contributed by atoms with Crippen LogP contribution in [-0.4, -0.2) is 6.04 Å². The largest absolute Gasteiger partial charge is 0.380 e. The van der Waals surface area contributed by atoms with E-state index < -0.39 is 5.82 Å². The molecule has 0 aliphatic heterocycles. The Morgan fingerprint density at radius 3 is 2.73 bits per heavy atom.